The van der Waals surface area contributed by atoms with E-state index in [1.54, 1.807) is 0 Å². The SMILES string of the molecule is C=CCNCC(C)Oc1ccc(-c2ccccc2)cc1. The first-order valence-electron chi connectivity index (χ1n) is 6.93. The van der Waals surface area contributed by atoms with Gasteiger partial charge in [0.1, 0.15) is 11.9 Å². The second-order valence-electron chi connectivity index (χ2n) is 4.77. The van der Waals surface area contributed by atoms with Crippen LogP contribution in [0.2, 0.25) is 0 Å². The molecule has 0 saturated heterocycles. The Kier molecular flexibility index (Phi) is 5.39. The largest absolute Gasteiger partial charge is 0.489 e. The molecule has 0 aliphatic carbocycles. The molecule has 2 aromatic rings. The van der Waals surface area contributed by atoms with Crippen LogP contribution in [0, 0.1) is 0 Å². The molecule has 0 radical (unpaired) electrons. The highest BCUT2D eigenvalue weighted by Gasteiger charge is 2.03. The summed E-state index contributed by atoms with van der Waals surface area (Å²) >= 11 is 0. The monoisotopic (exact) mass is 267 g/mol. The van der Waals surface area contributed by atoms with Crippen molar-refractivity contribution < 1.29 is 4.74 Å². The van der Waals surface area contributed by atoms with Crippen molar-refractivity contribution in [2.24, 2.45) is 0 Å². The first-order chi connectivity index (χ1) is 9.79. The zero-order valence-corrected chi connectivity index (χ0v) is 11.9. The molecule has 0 aliphatic heterocycles. The minimum atomic E-state index is 0.137. The zero-order chi connectivity index (χ0) is 14.2. The first kappa shape index (κ1) is 14.4. The molecule has 1 N–H and O–H groups in total. The van der Waals surface area contributed by atoms with E-state index in [1.807, 2.05) is 36.4 Å². The van der Waals surface area contributed by atoms with Gasteiger partial charge >= 0.3 is 0 Å². The van der Waals surface area contributed by atoms with Crippen molar-refractivity contribution in [3.63, 3.8) is 0 Å². The molecule has 0 fully saturated rings. The number of nitrogens with one attached hydrogen (secondary N) is 1. The fraction of sp³-hybridized carbons (Fsp3) is 0.222. The van der Waals surface area contributed by atoms with E-state index in [0.29, 0.717) is 0 Å². The van der Waals surface area contributed by atoms with Crippen LogP contribution in [0.1, 0.15) is 6.92 Å². The van der Waals surface area contributed by atoms with Gasteiger partial charge in [-0.15, -0.1) is 6.58 Å². The molecule has 0 aliphatic rings. The summed E-state index contributed by atoms with van der Waals surface area (Å²) in [6.07, 6.45) is 1.99. The van der Waals surface area contributed by atoms with E-state index in [4.69, 9.17) is 4.74 Å². The molecule has 1 unspecified atom stereocenters. The summed E-state index contributed by atoms with van der Waals surface area (Å²) in [6, 6.07) is 18.6. The molecule has 0 aromatic heterocycles. The van der Waals surface area contributed by atoms with E-state index in [-0.39, 0.29) is 6.10 Å². The van der Waals surface area contributed by atoms with Crippen LogP contribution in [0.25, 0.3) is 11.1 Å². The van der Waals surface area contributed by atoms with E-state index in [1.165, 1.54) is 11.1 Å². The van der Waals surface area contributed by atoms with Crippen molar-refractivity contribution in [3.05, 3.63) is 67.3 Å². The Morgan fingerprint density at radius 2 is 1.70 bits per heavy atom. The quantitative estimate of drug-likeness (QED) is 0.607. The summed E-state index contributed by atoms with van der Waals surface area (Å²) in [5.74, 6) is 0.901. The van der Waals surface area contributed by atoms with Crippen LogP contribution in [0.3, 0.4) is 0 Å². The minimum absolute atomic E-state index is 0.137. The van der Waals surface area contributed by atoms with E-state index < -0.39 is 0 Å². The van der Waals surface area contributed by atoms with Crippen LogP contribution in [0.15, 0.2) is 67.3 Å². The van der Waals surface area contributed by atoms with Gasteiger partial charge in [-0.05, 0) is 30.2 Å². The van der Waals surface area contributed by atoms with Crippen LogP contribution in [0.5, 0.6) is 5.75 Å². The fourth-order valence-electron chi connectivity index (χ4n) is 2.02. The molecule has 0 saturated carbocycles. The highest BCUT2D eigenvalue weighted by Crippen LogP contribution is 2.22. The molecule has 1 atom stereocenters. The Morgan fingerprint density at radius 1 is 1.05 bits per heavy atom. The van der Waals surface area contributed by atoms with Gasteiger partial charge in [0.15, 0.2) is 0 Å². The lowest BCUT2D eigenvalue weighted by atomic mass is 10.1. The predicted molar refractivity (Wildman–Crippen MR) is 85.0 cm³/mol. The molecule has 20 heavy (non-hydrogen) atoms. The van der Waals surface area contributed by atoms with Gasteiger partial charge in [0.2, 0.25) is 0 Å². The third-order valence-electron chi connectivity index (χ3n) is 3.02. The van der Waals surface area contributed by atoms with Gasteiger partial charge in [-0.1, -0.05) is 48.5 Å². The molecule has 2 aromatic carbocycles. The van der Waals surface area contributed by atoms with E-state index in [0.717, 1.165) is 18.8 Å². The Balaban J connectivity index is 1.93. The van der Waals surface area contributed by atoms with Crippen LogP contribution >= 0.6 is 0 Å². The maximum atomic E-state index is 5.85. The molecular weight excluding hydrogens is 246 g/mol. The van der Waals surface area contributed by atoms with E-state index in [9.17, 15) is 0 Å². The highest BCUT2D eigenvalue weighted by molar-refractivity contribution is 5.63. The number of ether oxygens (including phenoxy) is 1. The van der Waals surface area contributed by atoms with Crippen molar-refractivity contribution in [1.82, 2.24) is 5.32 Å². The third-order valence-corrected chi connectivity index (χ3v) is 3.02. The van der Waals surface area contributed by atoms with Gasteiger partial charge in [0.25, 0.3) is 0 Å². The zero-order valence-electron chi connectivity index (χ0n) is 11.9. The summed E-state index contributed by atoms with van der Waals surface area (Å²) in [4.78, 5) is 0. The third kappa shape index (κ3) is 4.25. The van der Waals surface area contributed by atoms with Gasteiger partial charge in [-0.2, -0.15) is 0 Å². The molecule has 2 heteroatoms. The maximum Gasteiger partial charge on any atom is 0.119 e. The predicted octanol–water partition coefficient (Wildman–Crippen LogP) is 3.90. The number of rotatable bonds is 7. The van der Waals surface area contributed by atoms with Gasteiger partial charge in [-0.3, -0.25) is 0 Å². The molecule has 2 rings (SSSR count). The fourth-order valence-corrected chi connectivity index (χ4v) is 2.02. The van der Waals surface area contributed by atoms with Crippen molar-refractivity contribution in [2.75, 3.05) is 13.1 Å². The Morgan fingerprint density at radius 3 is 2.35 bits per heavy atom. The summed E-state index contributed by atoms with van der Waals surface area (Å²) < 4.78 is 5.85. The Bertz CT molecular complexity index is 519. The van der Waals surface area contributed by atoms with Crippen LogP contribution in [-0.2, 0) is 0 Å². The molecule has 0 spiro atoms. The number of hydrogen-bond acceptors (Lipinski definition) is 2. The topological polar surface area (TPSA) is 21.3 Å². The van der Waals surface area contributed by atoms with E-state index >= 15 is 0 Å². The molecule has 0 heterocycles. The molecule has 2 nitrogen and oxygen atoms in total. The Labute approximate surface area is 121 Å². The van der Waals surface area contributed by atoms with Gasteiger partial charge < -0.3 is 10.1 Å². The smallest absolute Gasteiger partial charge is 0.119 e. The summed E-state index contributed by atoms with van der Waals surface area (Å²) in [5, 5.41) is 3.25. The molecule has 0 bridgehead atoms. The van der Waals surface area contributed by atoms with Gasteiger partial charge in [0.05, 0.1) is 0 Å². The average molecular weight is 267 g/mol. The lowest BCUT2D eigenvalue weighted by Gasteiger charge is -2.15. The first-order valence-corrected chi connectivity index (χ1v) is 6.93. The second kappa shape index (κ2) is 7.51. The molecule has 0 amide bonds. The summed E-state index contributed by atoms with van der Waals surface area (Å²) in [5.41, 5.74) is 2.43. The summed E-state index contributed by atoms with van der Waals surface area (Å²) in [6.45, 7) is 7.35. The lowest BCUT2D eigenvalue weighted by molar-refractivity contribution is 0.219. The molecular formula is C18H21NO. The van der Waals surface area contributed by atoms with Crippen LogP contribution < -0.4 is 10.1 Å². The van der Waals surface area contributed by atoms with Crippen LogP contribution in [-0.4, -0.2) is 19.2 Å². The Hall–Kier alpha value is -2.06. The number of benzene rings is 2. The second-order valence-corrected chi connectivity index (χ2v) is 4.77. The van der Waals surface area contributed by atoms with Crippen molar-refractivity contribution in [2.45, 2.75) is 13.0 Å². The van der Waals surface area contributed by atoms with Gasteiger partial charge in [-0.25, -0.2) is 0 Å². The normalized spacial score (nSPS) is 11.8. The van der Waals surface area contributed by atoms with Gasteiger partial charge in [0, 0.05) is 13.1 Å². The van der Waals surface area contributed by atoms with Crippen molar-refractivity contribution in [3.8, 4) is 16.9 Å². The van der Waals surface area contributed by atoms with Crippen molar-refractivity contribution >= 4 is 0 Å². The minimum Gasteiger partial charge on any atom is -0.489 e. The van der Waals surface area contributed by atoms with E-state index in [2.05, 4.69) is 43.1 Å². The average Bonchev–Trinajstić information content (AvgIpc) is 2.49. The molecule has 104 valence electrons. The maximum absolute atomic E-state index is 5.85. The lowest BCUT2D eigenvalue weighted by Crippen LogP contribution is -2.28. The van der Waals surface area contributed by atoms with Crippen molar-refractivity contribution in [1.29, 1.82) is 0 Å². The number of hydrogen-bond donors (Lipinski definition) is 1. The summed E-state index contributed by atoms with van der Waals surface area (Å²) in [7, 11) is 0. The van der Waals surface area contributed by atoms with Crippen LogP contribution in [0.4, 0.5) is 0 Å². The highest BCUT2D eigenvalue weighted by atomic mass is 16.5. The standard InChI is InChI=1S/C18H21NO/c1-3-13-19-14-15(2)20-18-11-9-17(10-12-18)16-7-5-4-6-8-16/h3-12,15,19H,1,13-14H2,2H3.